The van der Waals surface area contributed by atoms with Crippen LogP contribution in [0.5, 0.6) is 0 Å². The molecule has 3 amide bonds. The Morgan fingerprint density at radius 2 is 1.79 bits per heavy atom. The molecule has 0 aromatic carbocycles. The van der Waals surface area contributed by atoms with E-state index in [1.54, 1.807) is 14.1 Å². The van der Waals surface area contributed by atoms with Crippen LogP contribution in [-0.2, 0) is 9.59 Å². The molecule has 19 heavy (non-hydrogen) atoms. The molecular formula is C12H23N3O4. The molecule has 0 radical (unpaired) electrons. The Morgan fingerprint density at radius 3 is 2.21 bits per heavy atom. The maximum Gasteiger partial charge on any atom is 0.317 e. The van der Waals surface area contributed by atoms with Gasteiger partial charge in [0.25, 0.3) is 0 Å². The van der Waals surface area contributed by atoms with Crippen LogP contribution in [-0.4, -0.2) is 67.0 Å². The molecule has 1 unspecified atom stereocenters. The Morgan fingerprint density at radius 1 is 1.21 bits per heavy atom. The number of carbonyl (C=O) groups excluding carboxylic acids is 2. The molecule has 0 rings (SSSR count). The van der Waals surface area contributed by atoms with Crippen molar-refractivity contribution < 1.29 is 19.5 Å². The number of carboxylic acids is 1. The normalized spacial score (nSPS) is 11.6. The van der Waals surface area contributed by atoms with Crippen molar-refractivity contribution in [2.45, 2.75) is 19.8 Å². The van der Waals surface area contributed by atoms with E-state index in [1.165, 1.54) is 16.8 Å². The summed E-state index contributed by atoms with van der Waals surface area (Å²) in [6.45, 7) is 1.92. The quantitative estimate of drug-likeness (QED) is 0.694. The first-order chi connectivity index (χ1) is 8.79. The highest BCUT2D eigenvalue weighted by atomic mass is 16.4. The number of likely N-dealkylation sites (N-methyl/N-ethyl adjacent to an activating group) is 2. The topological polar surface area (TPSA) is 90.0 Å². The lowest BCUT2D eigenvalue weighted by Crippen LogP contribution is -2.44. The minimum atomic E-state index is -0.922. The molecule has 0 bridgehead atoms. The number of rotatable bonds is 7. The molecule has 0 aromatic rings. The van der Waals surface area contributed by atoms with E-state index in [0.717, 1.165) is 6.42 Å². The van der Waals surface area contributed by atoms with Gasteiger partial charge in [-0.3, -0.25) is 9.59 Å². The first-order valence-electron chi connectivity index (χ1n) is 6.21. The van der Waals surface area contributed by atoms with Gasteiger partial charge in [0.1, 0.15) is 6.54 Å². The van der Waals surface area contributed by atoms with E-state index >= 15 is 0 Å². The Hall–Kier alpha value is -1.79. The molecule has 0 aromatic heterocycles. The third kappa shape index (κ3) is 6.64. The van der Waals surface area contributed by atoms with Crippen LogP contribution >= 0.6 is 0 Å². The van der Waals surface area contributed by atoms with Crippen LogP contribution in [0.3, 0.4) is 0 Å². The lowest BCUT2D eigenvalue weighted by molar-refractivity contribution is -0.141. The zero-order valence-corrected chi connectivity index (χ0v) is 12.0. The fourth-order valence-electron chi connectivity index (χ4n) is 1.42. The minimum Gasteiger partial charge on any atom is -0.481 e. The second-order valence-corrected chi connectivity index (χ2v) is 4.65. The molecule has 0 aliphatic carbocycles. The number of hydrogen-bond acceptors (Lipinski definition) is 3. The molecule has 1 atom stereocenters. The Labute approximate surface area is 113 Å². The molecular weight excluding hydrogens is 250 g/mol. The molecule has 110 valence electrons. The molecule has 2 N–H and O–H groups in total. The van der Waals surface area contributed by atoms with Crippen molar-refractivity contribution in [3.8, 4) is 0 Å². The van der Waals surface area contributed by atoms with E-state index in [-0.39, 0.29) is 19.0 Å². The highest BCUT2D eigenvalue weighted by Gasteiger charge is 2.19. The monoisotopic (exact) mass is 273 g/mol. The van der Waals surface area contributed by atoms with Crippen molar-refractivity contribution in [2.75, 3.05) is 34.2 Å². The number of urea groups is 1. The lowest BCUT2D eigenvalue weighted by Gasteiger charge is -2.21. The van der Waals surface area contributed by atoms with Gasteiger partial charge in [0.15, 0.2) is 0 Å². The van der Waals surface area contributed by atoms with Crippen LogP contribution in [0.25, 0.3) is 0 Å². The average Bonchev–Trinajstić information content (AvgIpc) is 2.33. The predicted octanol–water partition coefficient (Wildman–Crippen LogP) is 0.217. The van der Waals surface area contributed by atoms with E-state index in [0.29, 0.717) is 6.42 Å². The van der Waals surface area contributed by atoms with E-state index in [1.807, 2.05) is 6.92 Å². The molecule has 0 fully saturated rings. The highest BCUT2D eigenvalue weighted by Crippen LogP contribution is 2.05. The summed E-state index contributed by atoms with van der Waals surface area (Å²) in [5.74, 6) is -1.71. The Kier molecular flexibility index (Phi) is 7.55. The molecule has 7 heteroatoms. The lowest BCUT2D eigenvalue weighted by atomic mass is 10.0. The van der Waals surface area contributed by atoms with Gasteiger partial charge in [0, 0.05) is 27.7 Å². The van der Waals surface area contributed by atoms with E-state index in [9.17, 15) is 14.4 Å². The second-order valence-electron chi connectivity index (χ2n) is 4.65. The molecule has 0 spiro atoms. The van der Waals surface area contributed by atoms with Crippen molar-refractivity contribution >= 4 is 17.9 Å². The van der Waals surface area contributed by atoms with Gasteiger partial charge in [-0.2, -0.15) is 0 Å². The number of nitrogens with zero attached hydrogens (tertiary/aromatic N) is 2. The van der Waals surface area contributed by atoms with Crippen LogP contribution in [0.2, 0.25) is 0 Å². The van der Waals surface area contributed by atoms with Crippen molar-refractivity contribution in [3.05, 3.63) is 0 Å². The SMILES string of the molecule is CCCC(CNC(=O)N(C)CC(=O)N(C)C)C(=O)O. The largest absolute Gasteiger partial charge is 0.481 e. The molecule has 7 nitrogen and oxygen atoms in total. The third-order valence-electron chi connectivity index (χ3n) is 2.70. The van der Waals surface area contributed by atoms with Crippen molar-refractivity contribution in [2.24, 2.45) is 5.92 Å². The van der Waals surface area contributed by atoms with Crippen LogP contribution in [0.1, 0.15) is 19.8 Å². The van der Waals surface area contributed by atoms with Gasteiger partial charge in [0.05, 0.1) is 5.92 Å². The summed E-state index contributed by atoms with van der Waals surface area (Å²) in [7, 11) is 4.71. The predicted molar refractivity (Wildman–Crippen MR) is 70.8 cm³/mol. The molecule has 0 saturated carbocycles. The number of aliphatic carboxylic acids is 1. The molecule has 0 aliphatic rings. The highest BCUT2D eigenvalue weighted by molar-refractivity contribution is 5.83. The zero-order valence-electron chi connectivity index (χ0n) is 12.0. The van der Waals surface area contributed by atoms with Crippen LogP contribution < -0.4 is 5.32 Å². The van der Waals surface area contributed by atoms with E-state index < -0.39 is 17.9 Å². The van der Waals surface area contributed by atoms with Crippen molar-refractivity contribution in [1.29, 1.82) is 0 Å². The van der Waals surface area contributed by atoms with Gasteiger partial charge in [0.2, 0.25) is 5.91 Å². The molecule has 0 heterocycles. The van der Waals surface area contributed by atoms with Crippen molar-refractivity contribution in [1.82, 2.24) is 15.1 Å². The molecule has 0 aliphatic heterocycles. The maximum atomic E-state index is 11.7. The smallest absolute Gasteiger partial charge is 0.317 e. The van der Waals surface area contributed by atoms with E-state index in [2.05, 4.69) is 5.32 Å². The number of amides is 3. The van der Waals surface area contributed by atoms with Gasteiger partial charge in [-0.15, -0.1) is 0 Å². The van der Waals surface area contributed by atoms with Crippen LogP contribution in [0.15, 0.2) is 0 Å². The van der Waals surface area contributed by atoms with Gasteiger partial charge in [-0.05, 0) is 6.42 Å². The fourth-order valence-corrected chi connectivity index (χ4v) is 1.42. The summed E-state index contributed by atoms with van der Waals surface area (Å²) in [4.78, 5) is 36.6. The number of carboxylic acid groups (broad SMARTS) is 1. The van der Waals surface area contributed by atoms with Crippen LogP contribution in [0.4, 0.5) is 4.79 Å². The summed E-state index contributed by atoms with van der Waals surface area (Å²) >= 11 is 0. The van der Waals surface area contributed by atoms with Crippen molar-refractivity contribution in [3.63, 3.8) is 0 Å². The molecule has 0 saturated heterocycles. The minimum absolute atomic E-state index is 0.0374. The third-order valence-corrected chi connectivity index (χ3v) is 2.70. The van der Waals surface area contributed by atoms with Gasteiger partial charge in [-0.25, -0.2) is 4.79 Å². The second kappa shape index (κ2) is 8.34. The standard InChI is InChI=1S/C12H23N3O4/c1-5-6-9(11(17)18)7-13-12(19)15(4)8-10(16)14(2)3/h9H,5-8H2,1-4H3,(H,13,19)(H,17,18). The fraction of sp³-hybridized carbons (Fsp3) is 0.750. The average molecular weight is 273 g/mol. The maximum absolute atomic E-state index is 11.7. The summed E-state index contributed by atoms with van der Waals surface area (Å²) in [6.07, 6.45) is 1.25. The van der Waals surface area contributed by atoms with Gasteiger partial charge < -0.3 is 20.2 Å². The van der Waals surface area contributed by atoms with Crippen LogP contribution in [0, 0.1) is 5.92 Å². The summed E-state index contributed by atoms with van der Waals surface area (Å²) < 4.78 is 0. The first-order valence-corrected chi connectivity index (χ1v) is 6.21. The number of carbonyl (C=O) groups is 3. The Balaban J connectivity index is 4.22. The van der Waals surface area contributed by atoms with Gasteiger partial charge >= 0.3 is 12.0 Å². The zero-order chi connectivity index (χ0) is 15.0. The first kappa shape index (κ1) is 17.2. The summed E-state index contributed by atoms with van der Waals surface area (Å²) in [5.41, 5.74) is 0. The van der Waals surface area contributed by atoms with E-state index in [4.69, 9.17) is 5.11 Å². The van der Waals surface area contributed by atoms with Gasteiger partial charge in [-0.1, -0.05) is 13.3 Å². The summed E-state index contributed by atoms with van der Waals surface area (Å²) in [5, 5.41) is 11.5. The summed E-state index contributed by atoms with van der Waals surface area (Å²) in [6, 6.07) is -0.447. The Bertz CT molecular complexity index is 331. The number of hydrogen-bond donors (Lipinski definition) is 2. The number of nitrogens with one attached hydrogen (secondary N) is 1.